The summed E-state index contributed by atoms with van der Waals surface area (Å²) in [4.78, 5) is 0. The molecule has 4 unspecified atom stereocenters. The molecular weight excluding hydrogens is 540 g/mol. The zero-order valence-corrected chi connectivity index (χ0v) is 27.6. The number of fused-ring (bicyclic) bond motifs is 4. The molecule has 4 aromatic carbocycles. The zero-order valence-electron chi connectivity index (χ0n) is 26.0. The SMILES string of the molecule is CCC[CH2][Ti]1([CH](C2C(CC)=Cc3c2ccc2ccccc32)C(CC)C2C(C)=Cc3c(-c4ccccc4)cccc32)[CH2][CH2]1. The molecule has 1 aliphatic heterocycles. The molecule has 0 N–H and O–H groups in total. The van der Waals surface area contributed by atoms with Crippen LogP contribution in [0.5, 0.6) is 0 Å². The fraction of sp³-hybridized carbons (Fsp3) is 0.366. The Morgan fingerprint density at radius 2 is 1.50 bits per heavy atom. The van der Waals surface area contributed by atoms with Gasteiger partial charge in [-0.15, -0.1) is 0 Å². The van der Waals surface area contributed by atoms with Gasteiger partial charge in [0.15, 0.2) is 0 Å². The monoisotopic (exact) mass is 586 g/mol. The van der Waals surface area contributed by atoms with Gasteiger partial charge in [0.05, 0.1) is 0 Å². The number of unbranched alkanes of at least 4 members (excludes halogenated alkanes) is 1. The quantitative estimate of drug-likeness (QED) is 0.162. The van der Waals surface area contributed by atoms with Crippen LogP contribution in [0.2, 0.25) is 18.4 Å². The Morgan fingerprint density at radius 3 is 2.24 bits per heavy atom. The first-order valence-corrected chi connectivity index (χ1v) is 20.9. The van der Waals surface area contributed by atoms with Gasteiger partial charge in [0.1, 0.15) is 0 Å². The Kier molecular flexibility index (Phi) is 7.66. The van der Waals surface area contributed by atoms with Gasteiger partial charge >= 0.3 is 259 Å². The van der Waals surface area contributed by atoms with Crippen LogP contribution in [0, 0.1) is 5.92 Å². The van der Waals surface area contributed by atoms with Crippen molar-refractivity contribution in [1.29, 1.82) is 0 Å². The van der Waals surface area contributed by atoms with Crippen molar-refractivity contribution in [2.24, 2.45) is 5.92 Å². The molecular formula is C41H46Ti. The van der Waals surface area contributed by atoms with Gasteiger partial charge in [-0.1, -0.05) is 0 Å². The van der Waals surface area contributed by atoms with Crippen molar-refractivity contribution in [3.05, 3.63) is 118 Å². The Labute approximate surface area is 257 Å². The molecule has 0 saturated carbocycles. The van der Waals surface area contributed by atoms with Crippen molar-refractivity contribution in [3.8, 4) is 11.1 Å². The van der Waals surface area contributed by atoms with Crippen LogP contribution in [-0.2, 0) is 16.6 Å². The second kappa shape index (κ2) is 11.4. The van der Waals surface area contributed by atoms with Crippen molar-refractivity contribution in [2.45, 2.75) is 83.6 Å². The Balaban J connectivity index is 1.38. The van der Waals surface area contributed by atoms with E-state index in [2.05, 4.69) is 125 Å². The summed E-state index contributed by atoms with van der Waals surface area (Å²) in [7, 11) is 0. The van der Waals surface area contributed by atoms with Crippen LogP contribution in [0.25, 0.3) is 34.1 Å². The van der Waals surface area contributed by atoms with E-state index in [0.717, 1.165) is 4.22 Å². The molecule has 0 spiro atoms. The topological polar surface area (TPSA) is 0 Å². The molecule has 1 heterocycles. The first kappa shape index (κ1) is 28.1. The molecule has 1 saturated heterocycles. The van der Waals surface area contributed by atoms with Gasteiger partial charge in [-0.05, 0) is 0 Å². The first-order valence-electron chi connectivity index (χ1n) is 16.7. The Morgan fingerprint density at radius 1 is 0.738 bits per heavy atom. The molecule has 0 aromatic heterocycles. The van der Waals surface area contributed by atoms with Crippen molar-refractivity contribution in [1.82, 2.24) is 0 Å². The van der Waals surface area contributed by atoms with E-state index in [-0.39, 0.29) is 0 Å². The summed E-state index contributed by atoms with van der Waals surface area (Å²) >= 11 is -2.07. The van der Waals surface area contributed by atoms with Gasteiger partial charge in [-0.25, -0.2) is 0 Å². The van der Waals surface area contributed by atoms with Gasteiger partial charge in [0, 0.05) is 0 Å². The van der Waals surface area contributed by atoms with E-state index in [1.54, 1.807) is 36.4 Å². The number of allylic oxidation sites excluding steroid dienone is 2. The third-order valence-electron chi connectivity index (χ3n) is 11.2. The summed E-state index contributed by atoms with van der Waals surface area (Å²) in [6, 6.07) is 32.3. The molecule has 2 aliphatic carbocycles. The van der Waals surface area contributed by atoms with E-state index in [4.69, 9.17) is 0 Å². The minimum atomic E-state index is -2.07. The number of benzene rings is 4. The molecule has 7 rings (SSSR count). The van der Waals surface area contributed by atoms with Crippen LogP contribution in [0.4, 0.5) is 0 Å². The third kappa shape index (κ3) is 4.62. The van der Waals surface area contributed by atoms with Gasteiger partial charge in [-0.2, -0.15) is 0 Å². The fourth-order valence-corrected chi connectivity index (χ4v) is 19.5. The number of hydrogen-bond acceptors (Lipinski definition) is 0. The fourth-order valence-electron chi connectivity index (χ4n) is 9.17. The summed E-state index contributed by atoms with van der Waals surface area (Å²) < 4.78 is 5.59. The first-order chi connectivity index (χ1) is 20.6. The molecule has 1 fully saturated rings. The number of rotatable bonds is 10. The average Bonchev–Trinajstić information content (AvgIpc) is 3.60. The minimum absolute atomic E-state index is 0.533. The van der Waals surface area contributed by atoms with E-state index in [1.807, 2.05) is 0 Å². The van der Waals surface area contributed by atoms with E-state index in [9.17, 15) is 0 Å². The molecule has 0 radical (unpaired) electrons. The second-order valence-corrected chi connectivity index (χ2v) is 21.1. The molecule has 1 heteroatoms. The average molecular weight is 587 g/mol. The molecule has 0 bridgehead atoms. The summed E-state index contributed by atoms with van der Waals surface area (Å²) in [5.74, 6) is 1.84. The Hall–Kier alpha value is -2.67. The van der Waals surface area contributed by atoms with Crippen molar-refractivity contribution in [3.63, 3.8) is 0 Å². The molecule has 4 aromatic rings. The Bertz CT molecular complexity index is 1670. The van der Waals surface area contributed by atoms with E-state index >= 15 is 0 Å². The normalized spacial score (nSPS) is 21.4. The van der Waals surface area contributed by atoms with E-state index < -0.39 is 16.6 Å². The van der Waals surface area contributed by atoms with Crippen LogP contribution >= 0.6 is 0 Å². The summed E-state index contributed by atoms with van der Waals surface area (Å²) in [5.41, 5.74) is 12.3. The number of hydrogen-bond donors (Lipinski definition) is 0. The van der Waals surface area contributed by atoms with Crippen molar-refractivity contribution in [2.75, 3.05) is 0 Å². The standard InChI is InChI=1S/C35H33.C4H9.C2H4.Ti/c1-4-24-21-34-28-15-10-9-14-27(28)18-19-30(34)32(24)22-25(5-2)35-23(3)20-33-29(16-11-17-31(33)35)26-12-7-6-8-13-26;1-3-4-2;1-2;/h6-22,25,32,35H,4-5H2,1-3H3;1,3-4H2,2H3;1-2H2;. The second-order valence-electron chi connectivity index (χ2n) is 13.4. The molecule has 0 amide bonds. The summed E-state index contributed by atoms with van der Waals surface area (Å²) in [6.07, 6.45) is 10.4. The van der Waals surface area contributed by atoms with Crippen molar-refractivity contribution < 1.29 is 16.6 Å². The molecule has 4 atom stereocenters. The van der Waals surface area contributed by atoms with Crippen LogP contribution in [0.1, 0.15) is 87.5 Å². The van der Waals surface area contributed by atoms with Crippen LogP contribution < -0.4 is 0 Å². The zero-order chi connectivity index (χ0) is 28.8. The van der Waals surface area contributed by atoms with Gasteiger partial charge < -0.3 is 0 Å². The molecule has 214 valence electrons. The van der Waals surface area contributed by atoms with Gasteiger partial charge in [0.2, 0.25) is 0 Å². The maximum absolute atomic E-state index is 2.64. The van der Waals surface area contributed by atoms with Gasteiger partial charge in [0.25, 0.3) is 0 Å². The third-order valence-corrected chi connectivity index (χ3v) is 19.5. The molecule has 0 nitrogen and oxygen atoms in total. The predicted molar refractivity (Wildman–Crippen MR) is 180 cm³/mol. The summed E-state index contributed by atoms with van der Waals surface area (Å²) in [5, 5.41) is 2.84. The maximum atomic E-state index is 2.64. The molecule has 3 aliphatic rings. The van der Waals surface area contributed by atoms with E-state index in [1.165, 1.54) is 58.7 Å². The van der Waals surface area contributed by atoms with Crippen molar-refractivity contribution >= 4 is 22.9 Å². The molecule has 42 heavy (non-hydrogen) atoms. The summed E-state index contributed by atoms with van der Waals surface area (Å²) in [6.45, 7) is 9.80. The van der Waals surface area contributed by atoms with Crippen LogP contribution in [0.15, 0.2) is 96.1 Å². The van der Waals surface area contributed by atoms with Crippen LogP contribution in [0.3, 0.4) is 0 Å². The van der Waals surface area contributed by atoms with Gasteiger partial charge in [-0.3, -0.25) is 0 Å². The van der Waals surface area contributed by atoms with E-state index in [0.29, 0.717) is 17.8 Å². The predicted octanol–water partition coefficient (Wildman–Crippen LogP) is 12.6. The van der Waals surface area contributed by atoms with Crippen LogP contribution in [-0.4, -0.2) is 0 Å².